The molecule has 0 spiro atoms. The predicted octanol–water partition coefficient (Wildman–Crippen LogP) is 4.71. The smallest absolute Gasteiger partial charge is 0.249 e. The Bertz CT molecular complexity index is 1050. The van der Waals surface area contributed by atoms with Crippen LogP contribution in [0.4, 0.5) is 5.69 Å². The lowest BCUT2D eigenvalue weighted by atomic mass is 10.2. The first-order valence-corrected chi connectivity index (χ1v) is 10.0. The maximum atomic E-state index is 11.9. The van der Waals surface area contributed by atoms with Crippen molar-refractivity contribution in [3.05, 3.63) is 94.5 Å². The van der Waals surface area contributed by atoms with Gasteiger partial charge in [-0.2, -0.15) is 5.10 Å². The Hall–Kier alpha value is -3.64. The molecule has 2 N–H and O–H groups in total. The molecular weight excluding hydrogens is 414 g/mol. The van der Waals surface area contributed by atoms with Gasteiger partial charge in [-0.3, -0.25) is 9.59 Å². The van der Waals surface area contributed by atoms with Crippen molar-refractivity contribution in [2.24, 2.45) is 5.10 Å². The highest BCUT2D eigenvalue weighted by atomic mass is 35.5. The summed E-state index contributed by atoms with van der Waals surface area (Å²) in [7, 11) is 0. The normalized spacial score (nSPS) is 10.6. The molecule has 7 heteroatoms. The summed E-state index contributed by atoms with van der Waals surface area (Å²) >= 11 is 5.87. The third-order valence-electron chi connectivity index (χ3n) is 4.26. The summed E-state index contributed by atoms with van der Waals surface area (Å²) < 4.78 is 5.73. The zero-order valence-corrected chi connectivity index (χ0v) is 17.7. The van der Waals surface area contributed by atoms with Crippen molar-refractivity contribution >= 4 is 35.3 Å². The van der Waals surface area contributed by atoms with E-state index in [4.69, 9.17) is 16.3 Å². The predicted molar refractivity (Wildman–Crippen MR) is 122 cm³/mol. The number of nitrogens with one attached hydrogen (secondary N) is 2. The van der Waals surface area contributed by atoms with Crippen LogP contribution < -0.4 is 15.5 Å². The van der Waals surface area contributed by atoms with E-state index in [1.54, 1.807) is 12.1 Å². The second-order valence-electron chi connectivity index (χ2n) is 6.87. The molecule has 0 aromatic heterocycles. The van der Waals surface area contributed by atoms with Gasteiger partial charge in [-0.25, -0.2) is 5.43 Å². The van der Waals surface area contributed by atoms with E-state index in [0.29, 0.717) is 23.1 Å². The van der Waals surface area contributed by atoms with Crippen LogP contribution in [-0.2, 0) is 16.2 Å². The number of aryl methyl sites for hydroxylation is 1. The number of rotatable bonds is 8. The number of amides is 2. The topological polar surface area (TPSA) is 79.8 Å². The molecule has 0 saturated carbocycles. The first kappa shape index (κ1) is 22.1. The van der Waals surface area contributed by atoms with E-state index in [0.717, 1.165) is 16.7 Å². The first-order chi connectivity index (χ1) is 15.0. The van der Waals surface area contributed by atoms with E-state index in [-0.39, 0.29) is 6.42 Å². The van der Waals surface area contributed by atoms with Crippen molar-refractivity contribution in [3.63, 3.8) is 0 Å². The van der Waals surface area contributed by atoms with Crippen LogP contribution in [0.5, 0.6) is 5.75 Å². The van der Waals surface area contributed by atoms with Crippen molar-refractivity contribution in [3.8, 4) is 5.75 Å². The largest absolute Gasteiger partial charge is 0.489 e. The third-order valence-corrected chi connectivity index (χ3v) is 4.51. The second-order valence-corrected chi connectivity index (χ2v) is 7.30. The van der Waals surface area contributed by atoms with Crippen LogP contribution >= 0.6 is 11.6 Å². The minimum absolute atomic E-state index is 0.317. The quantitative estimate of drug-likeness (QED) is 0.305. The van der Waals surface area contributed by atoms with Crippen LogP contribution in [0.15, 0.2) is 77.9 Å². The Labute approximate surface area is 185 Å². The van der Waals surface area contributed by atoms with Crippen molar-refractivity contribution in [2.75, 3.05) is 5.32 Å². The molecule has 0 radical (unpaired) electrons. The summed E-state index contributed by atoms with van der Waals surface area (Å²) in [5, 5.41) is 7.24. The summed E-state index contributed by atoms with van der Waals surface area (Å²) in [6.07, 6.45) is 1.18. The molecular formula is C24H22ClN3O3. The van der Waals surface area contributed by atoms with Gasteiger partial charge in [0.1, 0.15) is 18.8 Å². The Kier molecular flexibility index (Phi) is 7.79. The van der Waals surface area contributed by atoms with Crippen LogP contribution in [-0.4, -0.2) is 18.0 Å². The maximum absolute atomic E-state index is 11.9. The summed E-state index contributed by atoms with van der Waals surface area (Å²) in [5.41, 5.74) is 5.88. The number of hydrogen-bond donors (Lipinski definition) is 2. The van der Waals surface area contributed by atoms with Crippen LogP contribution in [0, 0.1) is 6.92 Å². The highest BCUT2D eigenvalue weighted by Crippen LogP contribution is 2.15. The van der Waals surface area contributed by atoms with Crippen molar-refractivity contribution in [2.45, 2.75) is 20.0 Å². The molecule has 31 heavy (non-hydrogen) atoms. The number of carbonyl (C=O) groups is 2. The molecule has 0 atom stereocenters. The summed E-state index contributed by atoms with van der Waals surface area (Å²) in [4.78, 5) is 23.8. The molecule has 2 amide bonds. The van der Waals surface area contributed by atoms with Gasteiger partial charge in [0, 0.05) is 10.7 Å². The van der Waals surface area contributed by atoms with Gasteiger partial charge in [0.15, 0.2) is 0 Å². The van der Waals surface area contributed by atoms with Crippen molar-refractivity contribution < 1.29 is 14.3 Å². The molecule has 3 aromatic rings. The van der Waals surface area contributed by atoms with E-state index in [1.807, 2.05) is 67.6 Å². The molecule has 0 saturated heterocycles. The Morgan fingerprint density at radius 3 is 2.29 bits per heavy atom. The van der Waals surface area contributed by atoms with Gasteiger partial charge in [0.2, 0.25) is 11.8 Å². The van der Waals surface area contributed by atoms with Gasteiger partial charge in [-0.1, -0.05) is 41.4 Å². The van der Waals surface area contributed by atoms with Gasteiger partial charge in [0.05, 0.1) is 6.21 Å². The minimum atomic E-state index is -0.497. The fourth-order valence-corrected chi connectivity index (χ4v) is 2.73. The second kappa shape index (κ2) is 10.9. The molecule has 0 fully saturated rings. The third kappa shape index (κ3) is 7.60. The number of ether oxygens (including phenoxy) is 1. The zero-order chi connectivity index (χ0) is 22.1. The Morgan fingerprint density at radius 1 is 0.935 bits per heavy atom. The summed E-state index contributed by atoms with van der Waals surface area (Å²) in [6, 6.07) is 22.1. The molecule has 0 heterocycles. The number of hydrogen-bond acceptors (Lipinski definition) is 4. The number of nitrogens with zero attached hydrogens (tertiary/aromatic N) is 1. The van der Waals surface area contributed by atoms with E-state index < -0.39 is 11.8 Å². The SMILES string of the molecule is Cc1ccc(NC(=O)CC(=O)NN=Cc2ccc(OCc3ccc(Cl)cc3)cc2)cc1. The molecule has 0 aliphatic carbocycles. The fourth-order valence-electron chi connectivity index (χ4n) is 2.60. The van der Waals surface area contributed by atoms with Gasteiger partial charge >= 0.3 is 0 Å². The molecule has 0 aliphatic rings. The lowest BCUT2D eigenvalue weighted by molar-refractivity contribution is -0.126. The molecule has 158 valence electrons. The minimum Gasteiger partial charge on any atom is -0.489 e. The molecule has 3 rings (SSSR count). The molecule has 0 aliphatic heterocycles. The van der Waals surface area contributed by atoms with Crippen LogP contribution in [0.3, 0.4) is 0 Å². The van der Waals surface area contributed by atoms with Gasteiger partial charge in [-0.15, -0.1) is 0 Å². The first-order valence-electron chi connectivity index (χ1n) is 9.64. The standard InChI is InChI=1S/C24H22ClN3O3/c1-17-2-10-21(11-3-17)27-23(29)14-24(30)28-26-15-18-6-12-22(13-7-18)31-16-19-4-8-20(25)9-5-19/h2-13,15H,14,16H2,1H3,(H,27,29)(H,28,30). The molecule has 0 bridgehead atoms. The van der Waals surface area contributed by atoms with Crippen LogP contribution in [0.1, 0.15) is 23.1 Å². The lowest BCUT2D eigenvalue weighted by Crippen LogP contribution is -2.24. The Balaban J connectivity index is 1.41. The molecule has 3 aromatic carbocycles. The van der Waals surface area contributed by atoms with E-state index >= 15 is 0 Å². The summed E-state index contributed by atoms with van der Waals surface area (Å²) in [5.74, 6) is -0.188. The number of benzene rings is 3. The van der Waals surface area contributed by atoms with Gasteiger partial charge in [0.25, 0.3) is 0 Å². The van der Waals surface area contributed by atoms with Crippen molar-refractivity contribution in [1.82, 2.24) is 5.43 Å². The van der Waals surface area contributed by atoms with E-state index in [2.05, 4.69) is 15.8 Å². The van der Waals surface area contributed by atoms with E-state index in [1.165, 1.54) is 6.21 Å². The monoisotopic (exact) mass is 435 g/mol. The number of halogens is 1. The van der Waals surface area contributed by atoms with Crippen LogP contribution in [0.2, 0.25) is 5.02 Å². The zero-order valence-electron chi connectivity index (χ0n) is 17.0. The van der Waals surface area contributed by atoms with Crippen molar-refractivity contribution in [1.29, 1.82) is 0 Å². The fraction of sp³-hybridized carbons (Fsp3) is 0.125. The number of anilines is 1. The lowest BCUT2D eigenvalue weighted by Gasteiger charge is -2.06. The number of carbonyl (C=O) groups excluding carboxylic acids is 2. The maximum Gasteiger partial charge on any atom is 0.249 e. The molecule has 0 unspecified atom stereocenters. The average Bonchev–Trinajstić information content (AvgIpc) is 2.76. The molecule has 6 nitrogen and oxygen atoms in total. The average molecular weight is 436 g/mol. The van der Waals surface area contributed by atoms with Gasteiger partial charge in [-0.05, 0) is 66.6 Å². The number of hydrazone groups is 1. The van der Waals surface area contributed by atoms with Gasteiger partial charge < -0.3 is 10.1 Å². The highest BCUT2D eigenvalue weighted by molar-refractivity contribution is 6.30. The Morgan fingerprint density at radius 2 is 1.61 bits per heavy atom. The van der Waals surface area contributed by atoms with Crippen LogP contribution in [0.25, 0.3) is 0 Å². The summed E-state index contributed by atoms with van der Waals surface area (Å²) in [6.45, 7) is 2.39. The highest BCUT2D eigenvalue weighted by Gasteiger charge is 2.08. The van der Waals surface area contributed by atoms with E-state index in [9.17, 15) is 9.59 Å².